The first-order chi connectivity index (χ1) is 8.27. The van der Waals surface area contributed by atoms with Crippen molar-refractivity contribution in [2.45, 2.75) is 0 Å². The molecule has 2 saturated heterocycles. The Labute approximate surface area is 99.2 Å². The van der Waals surface area contributed by atoms with Crippen LogP contribution in [0.4, 0.5) is 9.59 Å². The van der Waals surface area contributed by atoms with Crippen molar-refractivity contribution in [1.82, 2.24) is 9.80 Å². The van der Waals surface area contributed by atoms with E-state index >= 15 is 0 Å². The number of ether oxygens (including phenoxy) is 3. The highest BCUT2D eigenvalue weighted by atomic mass is 16.6. The van der Waals surface area contributed by atoms with Gasteiger partial charge in [-0.2, -0.15) is 0 Å². The molecule has 96 valence electrons. The van der Waals surface area contributed by atoms with Gasteiger partial charge in [0.2, 0.25) is 0 Å². The van der Waals surface area contributed by atoms with Crippen LogP contribution < -0.4 is 0 Å². The van der Waals surface area contributed by atoms with Crippen molar-refractivity contribution in [3.8, 4) is 0 Å². The standard InChI is InChI=1S/C10H16N2O5/c13-9(11-1-2-11)16-7-5-15-6-8-17-10(14)12-3-4-12/h1-8H2. The van der Waals surface area contributed by atoms with Crippen molar-refractivity contribution in [1.29, 1.82) is 0 Å². The fraction of sp³-hybridized carbons (Fsp3) is 0.800. The molecule has 0 aromatic carbocycles. The molecule has 0 N–H and O–H groups in total. The quantitative estimate of drug-likeness (QED) is 0.482. The molecule has 0 unspecified atom stereocenters. The fourth-order valence-corrected chi connectivity index (χ4v) is 1.13. The molecular formula is C10H16N2O5. The van der Waals surface area contributed by atoms with E-state index in [1.165, 1.54) is 0 Å². The van der Waals surface area contributed by atoms with Crippen LogP contribution in [-0.2, 0) is 14.2 Å². The minimum Gasteiger partial charge on any atom is -0.447 e. The summed E-state index contributed by atoms with van der Waals surface area (Å²) < 4.78 is 14.9. The molecule has 7 heteroatoms. The van der Waals surface area contributed by atoms with Gasteiger partial charge in [0.15, 0.2) is 0 Å². The number of carbonyl (C=O) groups excluding carboxylic acids is 2. The molecule has 2 heterocycles. The molecule has 0 aliphatic carbocycles. The molecule has 0 aromatic heterocycles. The van der Waals surface area contributed by atoms with Crippen LogP contribution in [0.2, 0.25) is 0 Å². The number of amides is 2. The second-order valence-corrected chi connectivity index (χ2v) is 3.82. The smallest absolute Gasteiger partial charge is 0.409 e. The maximum absolute atomic E-state index is 11.0. The summed E-state index contributed by atoms with van der Waals surface area (Å²) in [6, 6.07) is 0. The fourth-order valence-electron chi connectivity index (χ4n) is 1.13. The third-order valence-electron chi connectivity index (χ3n) is 2.32. The van der Waals surface area contributed by atoms with Gasteiger partial charge < -0.3 is 24.0 Å². The van der Waals surface area contributed by atoms with E-state index in [0.717, 1.165) is 26.2 Å². The Morgan fingerprint density at radius 3 is 1.53 bits per heavy atom. The number of hydrogen-bond donors (Lipinski definition) is 0. The zero-order chi connectivity index (χ0) is 12.1. The highest BCUT2D eigenvalue weighted by molar-refractivity contribution is 5.70. The first-order valence-electron chi connectivity index (χ1n) is 5.68. The van der Waals surface area contributed by atoms with Gasteiger partial charge in [-0.25, -0.2) is 9.59 Å². The lowest BCUT2D eigenvalue weighted by Gasteiger charge is -2.07. The molecule has 0 aromatic rings. The zero-order valence-corrected chi connectivity index (χ0v) is 9.59. The number of carbonyl (C=O) groups is 2. The van der Waals surface area contributed by atoms with Gasteiger partial charge in [-0.3, -0.25) is 0 Å². The Hall–Kier alpha value is -1.50. The molecule has 17 heavy (non-hydrogen) atoms. The van der Waals surface area contributed by atoms with Crippen LogP contribution in [-0.4, -0.2) is 74.6 Å². The first-order valence-corrected chi connectivity index (χ1v) is 5.68. The minimum absolute atomic E-state index is 0.232. The van der Waals surface area contributed by atoms with Crippen LogP contribution in [0, 0.1) is 0 Å². The van der Waals surface area contributed by atoms with Crippen LogP contribution in [0.3, 0.4) is 0 Å². The maximum Gasteiger partial charge on any atom is 0.409 e. The van der Waals surface area contributed by atoms with Gasteiger partial charge in [0, 0.05) is 26.2 Å². The van der Waals surface area contributed by atoms with Gasteiger partial charge in [0.25, 0.3) is 0 Å². The molecule has 0 radical (unpaired) electrons. The van der Waals surface area contributed by atoms with Crippen molar-refractivity contribution in [3.05, 3.63) is 0 Å². The van der Waals surface area contributed by atoms with Crippen molar-refractivity contribution >= 4 is 12.2 Å². The summed E-state index contributed by atoms with van der Waals surface area (Å²) in [5.41, 5.74) is 0. The van der Waals surface area contributed by atoms with Crippen molar-refractivity contribution in [2.24, 2.45) is 0 Å². The molecule has 0 atom stereocenters. The maximum atomic E-state index is 11.0. The van der Waals surface area contributed by atoms with Crippen molar-refractivity contribution in [3.63, 3.8) is 0 Å². The van der Waals surface area contributed by atoms with E-state index in [1.54, 1.807) is 9.80 Å². The van der Waals surface area contributed by atoms with E-state index in [0.29, 0.717) is 13.2 Å². The predicted molar refractivity (Wildman–Crippen MR) is 56.7 cm³/mol. The Kier molecular flexibility index (Phi) is 4.03. The monoisotopic (exact) mass is 244 g/mol. The molecular weight excluding hydrogens is 228 g/mol. The Morgan fingerprint density at radius 1 is 0.765 bits per heavy atom. The summed E-state index contributed by atoms with van der Waals surface area (Å²) >= 11 is 0. The Morgan fingerprint density at radius 2 is 1.18 bits per heavy atom. The Balaban J connectivity index is 1.36. The van der Waals surface area contributed by atoms with E-state index in [4.69, 9.17) is 14.2 Å². The largest absolute Gasteiger partial charge is 0.447 e. The summed E-state index contributed by atoms with van der Waals surface area (Å²) in [7, 11) is 0. The summed E-state index contributed by atoms with van der Waals surface area (Å²) in [4.78, 5) is 25.3. The lowest BCUT2D eigenvalue weighted by atomic mass is 10.7. The van der Waals surface area contributed by atoms with Gasteiger partial charge in [-0.05, 0) is 0 Å². The number of hydrogen-bond acceptors (Lipinski definition) is 5. The summed E-state index contributed by atoms with van der Waals surface area (Å²) in [5.74, 6) is 0. The highest BCUT2D eigenvalue weighted by Gasteiger charge is 2.25. The minimum atomic E-state index is -0.290. The molecule has 0 bridgehead atoms. The normalized spacial score (nSPS) is 16.7. The number of rotatable bonds is 6. The number of nitrogens with zero attached hydrogens (tertiary/aromatic N) is 2. The highest BCUT2D eigenvalue weighted by Crippen LogP contribution is 2.06. The predicted octanol–water partition coefficient (Wildman–Crippen LogP) is -0.0926. The van der Waals surface area contributed by atoms with Gasteiger partial charge in [-0.1, -0.05) is 0 Å². The first kappa shape index (κ1) is 12.0. The third-order valence-corrected chi connectivity index (χ3v) is 2.32. The van der Waals surface area contributed by atoms with Crippen LogP contribution in [0.5, 0.6) is 0 Å². The van der Waals surface area contributed by atoms with Crippen LogP contribution >= 0.6 is 0 Å². The molecule has 7 nitrogen and oxygen atoms in total. The molecule has 0 spiro atoms. The second-order valence-electron chi connectivity index (χ2n) is 3.82. The van der Waals surface area contributed by atoms with Crippen molar-refractivity contribution < 1.29 is 23.8 Å². The average molecular weight is 244 g/mol. The van der Waals surface area contributed by atoms with Gasteiger partial charge in [0.05, 0.1) is 13.2 Å². The molecule has 2 amide bonds. The second kappa shape index (κ2) is 5.72. The average Bonchev–Trinajstić information content (AvgIpc) is 3.20. The molecule has 2 rings (SSSR count). The lowest BCUT2D eigenvalue weighted by Crippen LogP contribution is -2.18. The Bertz CT molecular complexity index is 260. The third kappa shape index (κ3) is 4.48. The molecule has 0 saturated carbocycles. The van der Waals surface area contributed by atoms with Crippen molar-refractivity contribution in [2.75, 3.05) is 52.6 Å². The summed E-state index contributed by atoms with van der Waals surface area (Å²) in [6.45, 7) is 4.24. The molecule has 2 aliphatic heterocycles. The van der Waals surface area contributed by atoms with E-state index in [-0.39, 0.29) is 25.4 Å². The van der Waals surface area contributed by atoms with Gasteiger partial charge in [-0.15, -0.1) is 0 Å². The van der Waals surface area contributed by atoms with Gasteiger partial charge in [0.1, 0.15) is 13.2 Å². The van der Waals surface area contributed by atoms with Crippen LogP contribution in [0.25, 0.3) is 0 Å². The SMILES string of the molecule is O=C(OCCOCCOC(=O)N1CC1)N1CC1. The van der Waals surface area contributed by atoms with E-state index in [1.807, 2.05) is 0 Å². The summed E-state index contributed by atoms with van der Waals surface area (Å²) in [5, 5.41) is 0. The summed E-state index contributed by atoms with van der Waals surface area (Å²) in [6.07, 6.45) is -0.580. The van der Waals surface area contributed by atoms with Gasteiger partial charge >= 0.3 is 12.2 Å². The lowest BCUT2D eigenvalue weighted by molar-refractivity contribution is 0.0400. The van der Waals surface area contributed by atoms with E-state index in [9.17, 15) is 9.59 Å². The zero-order valence-electron chi connectivity index (χ0n) is 9.59. The van der Waals surface area contributed by atoms with E-state index < -0.39 is 0 Å². The van der Waals surface area contributed by atoms with Crippen LogP contribution in [0.1, 0.15) is 0 Å². The van der Waals surface area contributed by atoms with E-state index in [2.05, 4.69) is 0 Å². The van der Waals surface area contributed by atoms with Crippen LogP contribution in [0.15, 0.2) is 0 Å². The molecule has 2 aliphatic rings. The molecule has 2 fully saturated rings. The topological polar surface area (TPSA) is 67.9 Å².